The molecule has 1 aromatic rings. The second-order valence-corrected chi connectivity index (χ2v) is 5.68. The average molecular weight is 352 g/mol. The van der Waals surface area contributed by atoms with Crippen molar-refractivity contribution >= 4 is 34.9 Å². The van der Waals surface area contributed by atoms with Crippen LogP contribution in [0.25, 0.3) is 0 Å². The van der Waals surface area contributed by atoms with E-state index in [9.17, 15) is 10.1 Å². The summed E-state index contributed by atoms with van der Waals surface area (Å²) in [4.78, 5) is 27.5. The van der Waals surface area contributed by atoms with Gasteiger partial charge in [-0.05, 0) is 0 Å². The Bertz CT molecular complexity index is 562. The Morgan fingerprint density at radius 3 is 2.77 bits per heavy atom. The Labute approximate surface area is 134 Å². The second kappa shape index (κ2) is 8.31. The molecule has 1 aromatic heterocycles. The van der Waals surface area contributed by atoms with Gasteiger partial charge in [-0.3, -0.25) is 0 Å². The van der Waals surface area contributed by atoms with Crippen LogP contribution in [0.2, 0.25) is 4.47 Å². The molecule has 0 aliphatic carbocycles. The molecule has 0 saturated carbocycles. The molecule has 1 fully saturated rings. The van der Waals surface area contributed by atoms with Crippen molar-refractivity contribution in [2.24, 2.45) is 16.6 Å². The van der Waals surface area contributed by atoms with Crippen LogP contribution in [0.4, 0.5) is 4.79 Å². The van der Waals surface area contributed by atoms with Crippen LogP contribution < -0.4 is 11.5 Å². The van der Waals surface area contributed by atoms with E-state index in [2.05, 4.69) is 21.6 Å². The van der Waals surface area contributed by atoms with Gasteiger partial charge >= 0.3 is 6.03 Å². The average Bonchev–Trinajstić information content (AvgIpc) is 2.78. The molecular formula is C9H14ClN7O4S. The molecule has 1 aliphatic heterocycles. The molecule has 1 saturated heterocycles. The summed E-state index contributed by atoms with van der Waals surface area (Å²) in [7, 11) is 1.67. The molecule has 2 heterocycles. The maximum absolute atomic E-state index is 10.5. The first-order valence-corrected chi connectivity index (χ1v) is 6.91. The summed E-state index contributed by atoms with van der Waals surface area (Å²) in [6.07, 6.45) is 1.63. The molecule has 0 radical (unpaired) electrons. The van der Waals surface area contributed by atoms with Crippen LogP contribution in [0.1, 0.15) is 4.88 Å². The van der Waals surface area contributed by atoms with E-state index in [0.29, 0.717) is 11.0 Å². The fourth-order valence-electron chi connectivity index (χ4n) is 1.52. The van der Waals surface area contributed by atoms with E-state index in [1.807, 2.05) is 0 Å². The van der Waals surface area contributed by atoms with Gasteiger partial charge in [0.2, 0.25) is 0 Å². The van der Waals surface area contributed by atoms with Gasteiger partial charge in [0.25, 0.3) is 5.96 Å². The highest BCUT2D eigenvalue weighted by atomic mass is 35.5. The van der Waals surface area contributed by atoms with Crippen LogP contribution in [-0.4, -0.2) is 52.3 Å². The number of thiazole rings is 1. The number of halogens is 1. The number of carbonyl (C=O) groups excluding carboxylic acids is 1. The number of aromatic nitrogens is 1. The summed E-state index contributed by atoms with van der Waals surface area (Å²) < 4.78 is 5.72. The normalized spacial score (nSPS) is 16.2. The molecule has 0 aromatic carbocycles. The number of hydrogen-bond donors (Lipinski definition) is 2. The van der Waals surface area contributed by atoms with Gasteiger partial charge in [0, 0.05) is 18.1 Å². The summed E-state index contributed by atoms with van der Waals surface area (Å²) in [6, 6.07) is -0.833. The Kier molecular flexibility index (Phi) is 6.75. The summed E-state index contributed by atoms with van der Waals surface area (Å²) in [5.74, 6) is 0.260. The molecule has 13 heteroatoms. The zero-order valence-electron chi connectivity index (χ0n) is 11.5. The summed E-state index contributed by atoms with van der Waals surface area (Å²) in [5.41, 5.74) is 8.50. The number of urea groups is 1. The molecule has 0 spiro atoms. The Balaban J connectivity index is 0.000000541. The van der Waals surface area contributed by atoms with Crippen LogP contribution in [0, 0.1) is 10.1 Å². The minimum atomic E-state index is -0.833. The Hall–Kier alpha value is -2.18. The SMILES string of the molecule is CN1COCN(Cc2cnc(Cl)s2)/C1=N/[N+](=O)[O-].NC(N)=O. The molecule has 122 valence electrons. The fraction of sp³-hybridized carbons (Fsp3) is 0.444. The summed E-state index contributed by atoms with van der Waals surface area (Å²) in [5, 5.41) is 13.2. The van der Waals surface area contributed by atoms with Gasteiger partial charge < -0.3 is 26.0 Å². The van der Waals surface area contributed by atoms with Gasteiger partial charge in [0.05, 0.1) is 6.54 Å². The van der Waals surface area contributed by atoms with Gasteiger partial charge in [0.15, 0.2) is 9.50 Å². The van der Waals surface area contributed by atoms with Crippen molar-refractivity contribution in [1.29, 1.82) is 0 Å². The van der Waals surface area contributed by atoms with Crippen molar-refractivity contribution < 1.29 is 14.6 Å². The lowest BCUT2D eigenvalue weighted by atomic mass is 10.5. The van der Waals surface area contributed by atoms with Crippen molar-refractivity contribution in [2.45, 2.75) is 6.54 Å². The quantitative estimate of drug-likeness (QED) is 0.575. The van der Waals surface area contributed by atoms with Gasteiger partial charge in [-0.25, -0.2) is 19.9 Å². The molecule has 0 atom stereocenters. The van der Waals surface area contributed by atoms with E-state index < -0.39 is 11.1 Å². The van der Waals surface area contributed by atoms with Crippen molar-refractivity contribution in [3.8, 4) is 0 Å². The highest BCUT2D eigenvalue weighted by molar-refractivity contribution is 7.15. The second-order valence-electron chi connectivity index (χ2n) is 3.98. The molecule has 11 nitrogen and oxygen atoms in total. The lowest BCUT2D eigenvalue weighted by Gasteiger charge is -2.34. The summed E-state index contributed by atoms with van der Waals surface area (Å²) in [6.45, 7) is 0.931. The van der Waals surface area contributed by atoms with Gasteiger partial charge in [-0.15, -0.1) is 11.3 Å². The van der Waals surface area contributed by atoms with Crippen LogP contribution in [0.5, 0.6) is 0 Å². The van der Waals surface area contributed by atoms with Crippen LogP contribution in [0.3, 0.4) is 0 Å². The van der Waals surface area contributed by atoms with Crippen molar-refractivity contribution in [1.82, 2.24) is 14.8 Å². The standard InChI is InChI=1S/C8H10ClN5O3S.CH4N2O/c1-12-4-17-5-13(8(12)11-14(15)16)3-6-2-10-7(9)18-6;2-1(3)4/h2H,3-5H2,1H3;(H4,2,3,4)/b11-8+;. The van der Waals surface area contributed by atoms with Crippen molar-refractivity contribution in [3.63, 3.8) is 0 Å². The predicted octanol–water partition coefficient (Wildman–Crippen LogP) is 0.0470. The van der Waals surface area contributed by atoms with E-state index in [1.165, 1.54) is 11.3 Å². The third kappa shape index (κ3) is 6.07. The first-order chi connectivity index (χ1) is 10.3. The lowest BCUT2D eigenvalue weighted by molar-refractivity contribution is -0.486. The third-order valence-electron chi connectivity index (χ3n) is 2.20. The maximum Gasteiger partial charge on any atom is 0.309 e. The number of hydrogen-bond acceptors (Lipinski definition) is 6. The number of amides is 2. The molecule has 22 heavy (non-hydrogen) atoms. The monoisotopic (exact) mass is 351 g/mol. The number of ether oxygens (including phenoxy) is 1. The van der Waals surface area contributed by atoms with Gasteiger partial charge in [-0.1, -0.05) is 11.6 Å². The number of rotatable bonds is 3. The number of carbonyl (C=O) groups is 1. The molecule has 0 bridgehead atoms. The highest BCUT2D eigenvalue weighted by Gasteiger charge is 2.25. The largest absolute Gasteiger partial charge is 0.352 e. The smallest absolute Gasteiger partial charge is 0.309 e. The Morgan fingerprint density at radius 1 is 1.64 bits per heavy atom. The summed E-state index contributed by atoms with van der Waals surface area (Å²) >= 11 is 7.05. The molecule has 4 N–H and O–H groups in total. The number of guanidine groups is 1. The molecule has 1 aliphatic rings. The third-order valence-corrected chi connectivity index (χ3v) is 3.30. The number of hydrazone groups is 1. The number of nitrogens with zero attached hydrogens (tertiary/aromatic N) is 5. The molecular weight excluding hydrogens is 338 g/mol. The molecule has 0 unspecified atom stereocenters. The van der Waals surface area contributed by atoms with Crippen molar-refractivity contribution in [2.75, 3.05) is 20.5 Å². The first kappa shape index (κ1) is 17.9. The van der Waals surface area contributed by atoms with Crippen molar-refractivity contribution in [3.05, 3.63) is 25.7 Å². The van der Waals surface area contributed by atoms with Gasteiger partial charge in [-0.2, -0.15) is 0 Å². The van der Waals surface area contributed by atoms with E-state index in [0.717, 1.165) is 4.88 Å². The lowest BCUT2D eigenvalue weighted by Crippen LogP contribution is -2.49. The molecule has 2 rings (SSSR count). The maximum atomic E-state index is 10.5. The first-order valence-electron chi connectivity index (χ1n) is 5.71. The van der Waals surface area contributed by atoms with E-state index in [4.69, 9.17) is 21.1 Å². The molecule has 2 amide bonds. The van der Waals surface area contributed by atoms with E-state index >= 15 is 0 Å². The topological polar surface area (TPSA) is 153 Å². The van der Waals surface area contributed by atoms with Crippen LogP contribution >= 0.6 is 22.9 Å². The van der Waals surface area contributed by atoms with E-state index in [1.54, 1.807) is 23.0 Å². The number of nitrogens with two attached hydrogens (primary N) is 2. The minimum absolute atomic E-state index is 0.243. The predicted molar refractivity (Wildman–Crippen MR) is 79.4 cm³/mol. The number of nitro groups is 1. The van der Waals surface area contributed by atoms with E-state index in [-0.39, 0.29) is 19.4 Å². The Morgan fingerprint density at radius 2 is 2.27 bits per heavy atom. The van der Waals surface area contributed by atoms with Crippen LogP contribution in [0.15, 0.2) is 11.3 Å². The fourth-order valence-corrected chi connectivity index (χ4v) is 2.51. The zero-order valence-corrected chi connectivity index (χ0v) is 13.1. The number of primary amides is 2. The minimum Gasteiger partial charge on any atom is -0.352 e. The van der Waals surface area contributed by atoms with Gasteiger partial charge in [0.1, 0.15) is 18.6 Å². The zero-order chi connectivity index (χ0) is 16.7. The highest BCUT2D eigenvalue weighted by Crippen LogP contribution is 2.20. The van der Waals surface area contributed by atoms with Crippen LogP contribution in [-0.2, 0) is 11.3 Å².